The monoisotopic (exact) mass is 350 g/mol. The summed E-state index contributed by atoms with van der Waals surface area (Å²) >= 11 is 0. The average molecular weight is 350 g/mol. The highest BCUT2D eigenvalue weighted by Crippen LogP contribution is 2.24. The van der Waals surface area contributed by atoms with Gasteiger partial charge in [-0.2, -0.15) is 0 Å². The number of para-hydroxylation sites is 1. The predicted molar refractivity (Wildman–Crippen MR) is 103 cm³/mol. The first-order valence-corrected chi connectivity index (χ1v) is 8.53. The Labute approximate surface area is 152 Å². The van der Waals surface area contributed by atoms with Gasteiger partial charge >= 0.3 is 0 Å². The minimum Gasteiger partial charge on any atom is -0.455 e. The topological polar surface area (TPSA) is 62.6 Å². The van der Waals surface area contributed by atoms with Crippen LogP contribution in [-0.2, 0) is 0 Å². The number of carbonyl (C=O) groups excluding carboxylic acids is 1. The van der Waals surface area contributed by atoms with Gasteiger partial charge in [0.25, 0.3) is 5.91 Å². The molecule has 0 saturated heterocycles. The van der Waals surface area contributed by atoms with Crippen LogP contribution in [0.15, 0.2) is 63.8 Å². The second kappa shape index (κ2) is 7.54. The van der Waals surface area contributed by atoms with Crippen LogP contribution in [0, 0.1) is 0 Å². The third kappa shape index (κ3) is 3.83. The molecule has 2 aromatic carbocycles. The molecule has 1 N–H and O–H groups in total. The highest BCUT2D eigenvalue weighted by atomic mass is 16.3. The average Bonchev–Trinajstić information content (AvgIpc) is 2.61. The first kappa shape index (κ1) is 17.9. The zero-order valence-electron chi connectivity index (χ0n) is 15.2. The number of amides is 1. The lowest BCUT2D eigenvalue weighted by Crippen LogP contribution is -2.39. The third-order valence-electron chi connectivity index (χ3n) is 4.07. The molecule has 0 aliphatic carbocycles. The summed E-state index contributed by atoms with van der Waals surface area (Å²) in [5.41, 5.74) is 1.31. The van der Waals surface area contributed by atoms with Gasteiger partial charge in [-0.25, -0.2) is 0 Å². The van der Waals surface area contributed by atoms with E-state index in [-0.39, 0.29) is 17.4 Å². The lowest BCUT2D eigenvalue weighted by molar-refractivity contribution is 0.0935. The highest BCUT2D eigenvalue weighted by Gasteiger charge is 2.17. The van der Waals surface area contributed by atoms with Gasteiger partial charge in [0.15, 0.2) is 11.0 Å². The van der Waals surface area contributed by atoms with Gasteiger partial charge in [0.2, 0.25) is 0 Å². The molecule has 3 aromatic rings. The lowest BCUT2D eigenvalue weighted by Gasteiger charge is -2.18. The van der Waals surface area contributed by atoms with E-state index in [9.17, 15) is 9.59 Å². The van der Waals surface area contributed by atoms with Crippen molar-refractivity contribution < 1.29 is 9.21 Å². The second-order valence-electron chi connectivity index (χ2n) is 6.66. The summed E-state index contributed by atoms with van der Waals surface area (Å²) in [7, 11) is 3.90. The SMILES string of the molecule is CC(CN(C)C)NC(=O)c1cccc2c(=O)cc(-c3ccccc3)oc12. The smallest absolute Gasteiger partial charge is 0.255 e. The van der Waals surface area contributed by atoms with Crippen molar-refractivity contribution in [3.8, 4) is 11.3 Å². The molecule has 0 spiro atoms. The van der Waals surface area contributed by atoms with E-state index in [1.807, 2.05) is 56.3 Å². The van der Waals surface area contributed by atoms with Crippen molar-refractivity contribution in [3.63, 3.8) is 0 Å². The van der Waals surface area contributed by atoms with E-state index >= 15 is 0 Å². The van der Waals surface area contributed by atoms with Crippen LogP contribution in [0.2, 0.25) is 0 Å². The Morgan fingerprint density at radius 1 is 1.12 bits per heavy atom. The quantitative estimate of drug-likeness (QED) is 0.768. The number of hydrogen-bond donors (Lipinski definition) is 1. The van der Waals surface area contributed by atoms with Crippen LogP contribution in [-0.4, -0.2) is 37.5 Å². The van der Waals surface area contributed by atoms with Crippen molar-refractivity contribution in [1.82, 2.24) is 10.2 Å². The minimum absolute atomic E-state index is 0.0308. The van der Waals surface area contributed by atoms with Crippen LogP contribution in [0.4, 0.5) is 0 Å². The Morgan fingerprint density at radius 3 is 2.54 bits per heavy atom. The molecule has 0 saturated carbocycles. The van der Waals surface area contributed by atoms with E-state index < -0.39 is 0 Å². The zero-order valence-corrected chi connectivity index (χ0v) is 15.2. The summed E-state index contributed by atoms with van der Waals surface area (Å²) < 4.78 is 5.97. The van der Waals surface area contributed by atoms with Gasteiger partial charge in [0, 0.05) is 24.2 Å². The summed E-state index contributed by atoms with van der Waals surface area (Å²) in [4.78, 5) is 27.2. The number of likely N-dealkylation sites (N-methyl/N-ethyl adjacent to an activating group) is 1. The largest absolute Gasteiger partial charge is 0.455 e. The first-order valence-electron chi connectivity index (χ1n) is 8.53. The van der Waals surface area contributed by atoms with Crippen LogP contribution in [0.1, 0.15) is 17.3 Å². The second-order valence-corrected chi connectivity index (χ2v) is 6.66. The molecular formula is C21H22N2O3. The first-order chi connectivity index (χ1) is 12.5. The molecule has 134 valence electrons. The van der Waals surface area contributed by atoms with Gasteiger partial charge in [-0.3, -0.25) is 9.59 Å². The maximum absolute atomic E-state index is 12.7. The number of nitrogens with one attached hydrogen (secondary N) is 1. The van der Waals surface area contributed by atoms with Gasteiger partial charge in [-0.05, 0) is 33.2 Å². The third-order valence-corrected chi connectivity index (χ3v) is 4.07. The number of carbonyl (C=O) groups is 1. The number of fused-ring (bicyclic) bond motifs is 1. The van der Waals surface area contributed by atoms with E-state index in [0.717, 1.165) is 12.1 Å². The van der Waals surface area contributed by atoms with Crippen molar-refractivity contribution in [2.45, 2.75) is 13.0 Å². The Bertz CT molecular complexity index is 977. The van der Waals surface area contributed by atoms with E-state index in [2.05, 4.69) is 5.32 Å². The molecule has 1 unspecified atom stereocenters. The molecule has 1 amide bonds. The summed E-state index contributed by atoms with van der Waals surface area (Å²) in [5.74, 6) is 0.197. The predicted octanol–water partition coefficient (Wildman–Crippen LogP) is 3.14. The number of rotatable bonds is 5. The maximum atomic E-state index is 12.7. The van der Waals surface area contributed by atoms with Crippen LogP contribution in [0.3, 0.4) is 0 Å². The minimum atomic E-state index is -0.252. The van der Waals surface area contributed by atoms with Crippen molar-refractivity contribution in [1.29, 1.82) is 0 Å². The Kier molecular flexibility index (Phi) is 5.19. The maximum Gasteiger partial charge on any atom is 0.255 e. The van der Waals surface area contributed by atoms with Gasteiger partial charge < -0.3 is 14.6 Å². The standard InChI is InChI=1S/C21H22N2O3/c1-14(13-23(2)3)22-21(25)17-11-7-10-16-18(24)12-19(26-20(16)17)15-8-5-4-6-9-15/h4-12,14H,13H2,1-3H3,(H,22,25). The fraction of sp³-hybridized carbons (Fsp3) is 0.238. The summed E-state index contributed by atoms with van der Waals surface area (Å²) in [6.07, 6.45) is 0. The van der Waals surface area contributed by atoms with E-state index in [1.165, 1.54) is 6.07 Å². The van der Waals surface area contributed by atoms with Crippen LogP contribution < -0.4 is 10.7 Å². The summed E-state index contributed by atoms with van der Waals surface area (Å²) in [6, 6.07) is 15.9. The molecule has 5 heteroatoms. The van der Waals surface area contributed by atoms with Crippen molar-refractivity contribution >= 4 is 16.9 Å². The van der Waals surface area contributed by atoms with Crippen molar-refractivity contribution in [2.75, 3.05) is 20.6 Å². The molecule has 0 aliphatic rings. The van der Waals surface area contributed by atoms with Crippen molar-refractivity contribution in [3.05, 3.63) is 70.4 Å². The number of nitrogens with zero attached hydrogens (tertiary/aromatic N) is 1. The lowest BCUT2D eigenvalue weighted by atomic mass is 10.1. The van der Waals surface area contributed by atoms with Gasteiger partial charge in [0.05, 0.1) is 10.9 Å². The highest BCUT2D eigenvalue weighted by molar-refractivity contribution is 6.05. The summed E-state index contributed by atoms with van der Waals surface area (Å²) in [5, 5.41) is 3.36. The molecular weight excluding hydrogens is 328 g/mol. The molecule has 1 heterocycles. The van der Waals surface area contributed by atoms with Crippen molar-refractivity contribution in [2.24, 2.45) is 0 Å². The van der Waals surface area contributed by atoms with Gasteiger partial charge in [-0.1, -0.05) is 36.4 Å². The Hall–Kier alpha value is -2.92. The molecule has 1 aromatic heterocycles. The Balaban J connectivity index is 2.05. The fourth-order valence-corrected chi connectivity index (χ4v) is 3.00. The number of hydrogen-bond acceptors (Lipinski definition) is 4. The molecule has 3 rings (SSSR count). The molecule has 0 radical (unpaired) electrons. The number of benzene rings is 2. The fourth-order valence-electron chi connectivity index (χ4n) is 3.00. The molecule has 5 nitrogen and oxygen atoms in total. The molecule has 0 fully saturated rings. The molecule has 0 aliphatic heterocycles. The van der Waals surface area contributed by atoms with Gasteiger partial charge in [0.1, 0.15) is 5.76 Å². The molecule has 26 heavy (non-hydrogen) atoms. The molecule has 0 bridgehead atoms. The zero-order chi connectivity index (χ0) is 18.7. The van der Waals surface area contributed by atoms with Crippen LogP contribution in [0.25, 0.3) is 22.3 Å². The molecule has 1 atom stereocenters. The van der Waals surface area contributed by atoms with Crippen LogP contribution in [0.5, 0.6) is 0 Å². The normalized spacial score (nSPS) is 12.3. The summed E-state index contributed by atoms with van der Waals surface area (Å²) in [6.45, 7) is 2.66. The van der Waals surface area contributed by atoms with Gasteiger partial charge in [-0.15, -0.1) is 0 Å². The Morgan fingerprint density at radius 2 is 1.85 bits per heavy atom. The van der Waals surface area contributed by atoms with Crippen LogP contribution >= 0.6 is 0 Å². The van der Waals surface area contributed by atoms with E-state index in [1.54, 1.807) is 18.2 Å². The van der Waals surface area contributed by atoms with E-state index in [0.29, 0.717) is 22.3 Å². The van der Waals surface area contributed by atoms with E-state index in [4.69, 9.17) is 4.42 Å².